The molecule has 6 rings (SSSR count). The topological polar surface area (TPSA) is 115 Å². The van der Waals surface area contributed by atoms with Gasteiger partial charge in [0.2, 0.25) is 0 Å². The molecule has 0 bridgehead atoms. The molecule has 0 radical (unpaired) electrons. The minimum absolute atomic E-state index is 0.0370. The van der Waals surface area contributed by atoms with Crippen molar-refractivity contribution in [3.05, 3.63) is 44.6 Å². The van der Waals surface area contributed by atoms with E-state index in [1.807, 2.05) is 28.2 Å². The number of thiophene rings is 1. The molecule has 3 N–H and O–H groups in total. The molecule has 13 heteroatoms. The van der Waals surface area contributed by atoms with E-state index in [9.17, 15) is 14.4 Å². The summed E-state index contributed by atoms with van der Waals surface area (Å²) in [6.07, 6.45) is 3.85. The van der Waals surface area contributed by atoms with Gasteiger partial charge in [-0.05, 0) is 93.7 Å². The lowest BCUT2D eigenvalue weighted by Crippen LogP contribution is -2.52. The van der Waals surface area contributed by atoms with Crippen molar-refractivity contribution in [3.8, 4) is 0 Å². The number of piperidine rings is 2. The number of rotatable bonds is 6. The monoisotopic (exact) mass is 685 g/mol. The van der Waals surface area contributed by atoms with Crippen LogP contribution in [0, 0.1) is 6.92 Å². The number of halogens is 1. The number of likely N-dealkylation sites (tertiary alicyclic amines) is 2. The second-order valence-corrected chi connectivity index (χ2v) is 14.7. The number of nitrogen functional groups attached to an aromatic ring is 1. The Morgan fingerprint density at radius 2 is 1.70 bits per heavy atom. The predicted octanol–water partition coefficient (Wildman–Crippen LogP) is 4.52. The SMILES string of the molecule is Cc1cc(C[C@@H](OC(=O)N2CCC(N3CCc4cscc4NC3=O)CC2)C(=O)N2CCC(N3CCCN(C)CC3)CC2)cc(Cl)c1N. The van der Waals surface area contributed by atoms with Gasteiger partial charge in [-0.1, -0.05) is 17.7 Å². The van der Waals surface area contributed by atoms with Gasteiger partial charge in [-0.25, -0.2) is 9.59 Å². The summed E-state index contributed by atoms with van der Waals surface area (Å²) in [6, 6.07) is 4.09. The molecule has 1 atom stereocenters. The number of nitrogens with two attached hydrogens (primary N) is 1. The quantitative estimate of drug-likeness (QED) is 0.430. The van der Waals surface area contributed by atoms with Gasteiger partial charge >= 0.3 is 12.1 Å². The Kier molecular flexibility index (Phi) is 10.8. The maximum Gasteiger partial charge on any atom is 0.410 e. The lowest BCUT2D eigenvalue weighted by molar-refractivity contribution is -0.142. The maximum atomic E-state index is 14.0. The zero-order valence-electron chi connectivity index (χ0n) is 27.6. The van der Waals surface area contributed by atoms with Crippen LogP contribution in [0.2, 0.25) is 5.02 Å². The first-order valence-corrected chi connectivity index (χ1v) is 18.3. The van der Waals surface area contributed by atoms with Crippen molar-refractivity contribution in [1.82, 2.24) is 24.5 Å². The second-order valence-electron chi connectivity index (χ2n) is 13.5. The molecule has 0 saturated carbocycles. The number of carbonyl (C=O) groups excluding carboxylic acids is 3. The number of hydrogen-bond acceptors (Lipinski definition) is 8. The summed E-state index contributed by atoms with van der Waals surface area (Å²) >= 11 is 8.01. The Labute approximate surface area is 286 Å². The molecule has 4 aliphatic heterocycles. The van der Waals surface area contributed by atoms with Crippen molar-refractivity contribution >= 4 is 52.3 Å². The van der Waals surface area contributed by atoms with Crippen LogP contribution >= 0.6 is 22.9 Å². The molecule has 1 aromatic carbocycles. The number of benzene rings is 1. The van der Waals surface area contributed by atoms with Crippen LogP contribution in [0.3, 0.4) is 0 Å². The molecule has 0 spiro atoms. The van der Waals surface area contributed by atoms with Crippen LogP contribution in [0.25, 0.3) is 0 Å². The Balaban J connectivity index is 1.08. The lowest BCUT2D eigenvalue weighted by atomic mass is 10.00. The van der Waals surface area contributed by atoms with Crippen LogP contribution in [0.1, 0.15) is 48.8 Å². The molecule has 5 heterocycles. The first kappa shape index (κ1) is 33.8. The highest BCUT2D eigenvalue weighted by Gasteiger charge is 2.36. The van der Waals surface area contributed by atoms with E-state index in [-0.39, 0.29) is 24.4 Å². The summed E-state index contributed by atoms with van der Waals surface area (Å²) in [5, 5.41) is 7.53. The predicted molar refractivity (Wildman–Crippen MR) is 186 cm³/mol. The number of carbonyl (C=O) groups is 3. The van der Waals surface area contributed by atoms with Crippen molar-refractivity contribution in [2.75, 3.05) is 77.0 Å². The van der Waals surface area contributed by atoms with Crippen LogP contribution in [-0.2, 0) is 22.4 Å². The first-order chi connectivity index (χ1) is 22.7. The smallest absolute Gasteiger partial charge is 0.410 e. The van der Waals surface area contributed by atoms with E-state index in [2.05, 4.69) is 27.5 Å². The summed E-state index contributed by atoms with van der Waals surface area (Å²) in [6.45, 7) is 9.06. The number of ether oxygens (including phenoxy) is 1. The minimum atomic E-state index is -0.974. The zero-order chi connectivity index (χ0) is 33.1. The van der Waals surface area contributed by atoms with Crippen molar-refractivity contribution in [3.63, 3.8) is 0 Å². The van der Waals surface area contributed by atoms with E-state index in [0.29, 0.717) is 62.3 Å². The summed E-state index contributed by atoms with van der Waals surface area (Å²) in [7, 11) is 2.18. The number of nitrogens with one attached hydrogen (secondary N) is 1. The number of likely N-dealkylation sites (N-methyl/N-ethyl adjacent to an activating group) is 1. The number of nitrogens with zero attached hydrogens (tertiary/aromatic N) is 5. The van der Waals surface area contributed by atoms with Gasteiger partial charge in [0.1, 0.15) is 0 Å². The van der Waals surface area contributed by atoms with Crippen molar-refractivity contribution in [1.29, 1.82) is 0 Å². The molecule has 3 saturated heterocycles. The van der Waals surface area contributed by atoms with Crippen molar-refractivity contribution in [2.45, 2.75) is 70.1 Å². The summed E-state index contributed by atoms with van der Waals surface area (Å²) in [4.78, 5) is 51.0. The molecule has 4 amide bonds. The molecular formula is C34H48ClN7O4S. The van der Waals surface area contributed by atoms with E-state index in [1.54, 1.807) is 22.3 Å². The highest BCUT2D eigenvalue weighted by molar-refractivity contribution is 7.08. The molecule has 47 heavy (non-hydrogen) atoms. The van der Waals surface area contributed by atoms with Gasteiger partial charge in [-0.2, -0.15) is 0 Å². The minimum Gasteiger partial charge on any atom is -0.436 e. The average Bonchev–Trinajstić information content (AvgIpc) is 3.30. The Morgan fingerprint density at radius 1 is 0.979 bits per heavy atom. The Bertz CT molecular complexity index is 1420. The summed E-state index contributed by atoms with van der Waals surface area (Å²) in [5.74, 6) is -0.165. The first-order valence-electron chi connectivity index (χ1n) is 17.0. The van der Waals surface area contributed by atoms with Crippen LogP contribution in [0.4, 0.5) is 21.0 Å². The largest absolute Gasteiger partial charge is 0.436 e. The van der Waals surface area contributed by atoms with Crippen LogP contribution < -0.4 is 11.1 Å². The molecule has 3 fully saturated rings. The Hall–Kier alpha value is -3.06. The van der Waals surface area contributed by atoms with E-state index in [1.165, 1.54) is 5.56 Å². The molecule has 1 aromatic heterocycles. The van der Waals surface area contributed by atoms with Gasteiger partial charge in [0.15, 0.2) is 6.10 Å². The highest BCUT2D eigenvalue weighted by Crippen LogP contribution is 2.29. The third-order valence-electron chi connectivity index (χ3n) is 10.4. The van der Waals surface area contributed by atoms with Crippen molar-refractivity contribution in [2.24, 2.45) is 0 Å². The van der Waals surface area contributed by atoms with E-state index in [0.717, 1.165) is 68.7 Å². The fourth-order valence-electron chi connectivity index (χ4n) is 7.49. The van der Waals surface area contributed by atoms with E-state index in [4.69, 9.17) is 22.1 Å². The molecule has 256 valence electrons. The van der Waals surface area contributed by atoms with Crippen LogP contribution in [0.15, 0.2) is 22.9 Å². The maximum absolute atomic E-state index is 14.0. The molecular weight excluding hydrogens is 638 g/mol. The Morgan fingerprint density at radius 3 is 2.45 bits per heavy atom. The number of fused-ring (bicyclic) bond motifs is 1. The number of hydrogen-bond donors (Lipinski definition) is 2. The van der Waals surface area contributed by atoms with Crippen LogP contribution in [-0.4, -0.2) is 127 Å². The lowest BCUT2D eigenvalue weighted by Gasteiger charge is -2.40. The number of amides is 4. The van der Waals surface area contributed by atoms with Gasteiger partial charge in [0.25, 0.3) is 5.91 Å². The molecule has 2 aromatic rings. The number of anilines is 2. The normalized spacial score (nSPS) is 21.5. The standard InChI is InChI=1S/C34H48ClN7O4S/c1-23-18-24(19-28(35)31(23)36)20-30(32(43)40-11-5-26(6-12-40)39-10-3-9-38(2)16-17-39)46-34(45)41-13-7-27(8-14-41)42-15-4-25-21-47-22-29(25)37-33(42)44/h18-19,21-22,26-27,30H,3-17,20,36H2,1-2H3,(H,37,44)/t30-/m1/s1. The van der Waals surface area contributed by atoms with Gasteiger partial charge in [0.05, 0.1) is 16.4 Å². The average molecular weight is 686 g/mol. The number of aryl methyl sites for hydroxylation is 1. The van der Waals surface area contributed by atoms with E-state index >= 15 is 0 Å². The molecule has 4 aliphatic rings. The van der Waals surface area contributed by atoms with Gasteiger partial charge < -0.3 is 35.4 Å². The third-order valence-corrected chi connectivity index (χ3v) is 11.5. The molecule has 11 nitrogen and oxygen atoms in total. The van der Waals surface area contributed by atoms with Crippen molar-refractivity contribution < 1.29 is 19.1 Å². The van der Waals surface area contributed by atoms with Gasteiger partial charge in [-0.3, -0.25) is 9.69 Å². The zero-order valence-corrected chi connectivity index (χ0v) is 29.2. The second kappa shape index (κ2) is 15.0. The van der Waals surface area contributed by atoms with E-state index < -0.39 is 12.2 Å². The molecule has 0 unspecified atom stereocenters. The fraction of sp³-hybridized carbons (Fsp3) is 0.618. The number of urea groups is 1. The summed E-state index contributed by atoms with van der Waals surface area (Å²) < 4.78 is 6.06. The third kappa shape index (κ3) is 7.98. The summed E-state index contributed by atoms with van der Waals surface area (Å²) in [5.41, 5.74) is 10.3. The fourth-order valence-corrected chi connectivity index (χ4v) is 8.60. The van der Waals surface area contributed by atoms with Crippen LogP contribution in [0.5, 0.6) is 0 Å². The highest BCUT2D eigenvalue weighted by atomic mass is 35.5. The molecule has 0 aliphatic carbocycles. The van der Waals surface area contributed by atoms with Gasteiger partial charge in [0, 0.05) is 69.7 Å². The van der Waals surface area contributed by atoms with Gasteiger partial charge in [-0.15, -0.1) is 11.3 Å².